The predicted molar refractivity (Wildman–Crippen MR) is 72.9 cm³/mol. The smallest absolute Gasteiger partial charge is 0.323 e. The number of esters is 1. The highest BCUT2D eigenvalue weighted by molar-refractivity contribution is 5.76. The van der Waals surface area contributed by atoms with Crippen LogP contribution in [-0.2, 0) is 16.1 Å². The molecule has 0 aliphatic carbocycles. The number of aliphatic hydroxyl groups excluding tert-OH is 1. The van der Waals surface area contributed by atoms with Gasteiger partial charge in [0.05, 0.1) is 30.8 Å². The van der Waals surface area contributed by atoms with Gasteiger partial charge in [-0.05, 0) is 12.1 Å². The SMILES string of the molecule is COC(=O)C1CC(O)CN1Cc1nc2ccccc2[nH]1. The number of carbonyl (C=O) groups excluding carboxylic acids is 1. The minimum atomic E-state index is -0.497. The van der Waals surface area contributed by atoms with Crippen LogP contribution < -0.4 is 0 Å². The number of aromatic nitrogens is 2. The topological polar surface area (TPSA) is 78.5 Å². The molecule has 2 heterocycles. The van der Waals surface area contributed by atoms with Crippen LogP contribution in [0.25, 0.3) is 11.0 Å². The number of imidazole rings is 1. The lowest BCUT2D eigenvalue weighted by Crippen LogP contribution is -2.36. The summed E-state index contributed by atoms with van der Waals surface area (Å²) < 4.78 is 4.79. The summed E-state index contributed by atoms with van der Waals surface area (Å²) >= 11 is 0. The van der Waals surface area contributed by atoms with Gasteiger partial charge in [-0.15, -0.1) is 0 Å². The van der Waals surface area contributed by atoms with Crippen molar-refractivity contribution in [1.29, 1.82) is 0 Å². The van der Waals surface area contributed by atoms with Crippen LogP contribution in [0.2, 0.25) is 0 Å². The number of β-amino-alcohol motifs (C(OH)–C–C–N with tert-alkyl or cyclic N) is 1. The number of carbonyl (C=O) groups is 1. The second-order valence-corrected chi connectivity index (χ2v) is 5.06. The van der Waals surface area contributed by atoms with Gasteiger partial charge in [0.25, 0.3) is 0 Å². The average Bonchev–Trinajstić information content (AvgIpc) is 3.01. The molecule has 1 aromatic carbocycles. The Bertz CT molecular complexity index is 592. The summed E-state index contributed by atoms with van der Waals surface area (Å²) in [5.41, 5.74) is 1.87. The lowest BCUT2D eigenvalue weighted by molar-refractivity contribution is -0.146. The maximum Gasteiger partial charge on any atom is 0.323 e. The number of hydrogen-bond acceptors (Lipinski definition) is 5. The van der Waals surface area contributed by atoms with E-state index in [0.717, 1.165) is 16.9 Å². The molecule has 1 fully saturated rings. The number of aromatic amines is 1. The number of hydrogen-bond donors (Lipinski definition) is 2. The number of ether oxygens (including phenoxy) is 1. The van der Waals surface area contributed by atoms with Crippen molar-refractivity contribution in [3.8, 4) is 0 Å². The van der Waals surface area contributed by atoms with Gasteiger partial charge in [-0.25, -0.2) is 4.98 Å². The van der Waals surface area contributed by atoms with Crippen LogP contribution in [0.15, 0.2) is 24.3 Å². The van der Waals surface area contributed by atoms with E-state index in [0.29, 0.717) is 19.5 Å². The van der Waals surface area contributed by atoms with Crippen LogP contribution >= 0.6 is 0 Å². The maximum absolute atomic E-state index is 11.7. The van der Waals surface area contributed by atoms with E-state index in [-0.39, 0.29) is 5.97 Å². The number of likely N-dealkylation sites (tertiary alicyclic amines) is 1. The fourth-order valence-corrected chi connectivity index (χ4v) is 2.71. The molecule has 0 amide bonds. The zero-order valence-corrected chi connectivity index (χ0v) is 11.2. The minimum Gasteiger partial charge on any atom is -0.468 e. The zero-order chi connectivity index (χ0) is 14.1. The second-order valence-electron chi connectivity index (χ2n) is 5.06. The summed E-state index contributed by atoms with van der Waals surface area (Å²) in [5.74, 6) is 0.479. The van der Waals surface area contributed by atoms with E-state index >= 15 is 0 Å². The number of H-pyrrole nitrogens is 1. The summed E-state index contributed by atoms with van der Waals surface area (Å²) in [4.78, 5) is 21.3. The molecule has 6 heteroatoms. The Kier molecular flexibility index (Phi) is 3.42. The van der Waals surface area contributed by atoms with E-state index in [1.807, 2.05) is 29.2 Å². The highest BCUT2D eigenvalue weighted by atomic mass is 16.5. The van der Waals surface area contributed by atoms with Gasteiger partial charge in [0.15, 0.2) is 0 Å². The molecule has 6 nitrogen and oxygen atoms in total. The molecule has 2 N–H and O–H groups in total. The van der Waals surface area contributed by atoms with Crippen molar-refractivity contribution in [3.05, 3.63) is 30.1 Å². The summed E-state index contributed by atoms with van der Waals surface area (Å²) in [7, 11) is 1.37. The molecule has 0 radical (unpaired) electrons. The van der Waals surface area contributed by atoms with Crippen molar-refractivity contribution in [1.82, 2.24) is 14.9 Å². The van der Waals surface area contributed by atoms with Gasteiger partial charge >= 0.3 is 5.97 Å². The van der Waals surface area contributed by atoms with Crippen LogP contribution in [0.1, 0.15) is 12.2 Å². The molecule has 20 heavy (non-hydrogen) atoms. The molecular formula is C14H17N3O3. The van der Waals surface area contributed by atoms with Gasteiger partial charge in [0.2, 0.25) is 0 Å². The van der Waals surface area contributed by atoms with Crippen molar-refractivity contribution < 1.29 is 14.6 Å². The fraction of sp³-hybridized carbons (Fsp3) is 0.429. The summed E-state index contributed by atoms with van der Waals surface area (Å²) in [5, 5.41) is 9.75. The normalized spacial score (nSPS) is 23.3. The van der Waals surface area contributed by atoms with Gasteiger partial charge in [0, 0.05) is 13.0 Å². The molecule has 0 saturated carbocycles. The van der Waals surface area contributed by atoms with Gasteiger partial charge in [-0.2, -0.15) is 0 Å². The molecule has 0 spiro atoms. The van der Waals surface area contributed by atoms with Gasteiger partial charge < -0.3 is 14.8 Å². The number of para-hydroxylation sites is 2. The molecule has 1 aliphatic rings. The maximum atomic E-state index is 11.7. The number of nitrogens with one attached hydrogen (secondary N) is 1. The van der Waals surface area contributed by atoms with E-state index in [1.54, 1.807) is 0 Å². The standard InChI is InChI=1S/C14H17N3O3/c1-20-14(19)12-6-9(18)7-17(12)8-13-15-10-4-2-3-5-11(10)16-13/h2-5,9,12,18H,6-8H2,1H3,(H,15,16). The quantitative estimate of drug-likeness (QED) is 0.805. The first-order chi connectivity index (χ1) is 9.67. The predicted octanol–water partition coefficient (Wildman–Crippen LogP) is 0.671. The van der Waals surface area contributed by atoms with Crippen molar-refractivity contribution in [3.63, 3.8) is 0 Å². The zero-order valence-electron chi connectivity index (χ0n) is 11.2. The van der Waals surface area contributed by atoms with Crippen LogP contribution in [0.4, 0.5) is 0 Å². The third-order valence-corrected chi connectivity index (χ3v) is 3.65. The number of methoxy groups -OCH3 is 1. The van der Waals surface area contributed by atoms with Gasteiger partial charge in [-0.1, -0.05) is 12.1 Å². The summed E-state index contributed by atoms with van der Waals surface area (Å²) in [6.45, 7) is 0.947. The lowest BCUT2D eigenvalue weighted by Gasteiger charge is -2.20. The number of fused-ring (bicyclic) bond motifs is 1. The largest absolute Gasteiger partial charge is 0.468 e. The Morgan fingerprint density at radius 2 is 2.35 bits per heavy atom. The Morgan fingerprint density at radius 3 is 3.10 bits per heavy atom. The number of aliphatic hydroxyl groups is 1. The highest BCUT2D eigenvalue weighted by Crippen LogP contribution is 2.21. The average molecular weight is 275 g/mol. The van der Waals surface area contributed by atoms with E-state index in [9.17, 15) is 9.90 Å². The highest BCUT2D eigenvalue weighted by Gasteiger charge is 2.37. The molecule has 2 unspecified atom stereocenters. The molecule has 0 bridgehead atoms. The molecule has 3 rings (SSSR count). The Morgan fingerprint density at radius 1 is 1.55 bits per heavy atom. The van der Waals surface area contributed by atoms with Crippen LogP contribution in [-0.4, -0.2) is 51.7 Å². The summed E-state index contributed by atoms with van der Waals surface area (Å²) in [6, 6.07) is 7.38. The van der Waals surface area contributed by atoms with Crippen LogP contribution in [0.5, 0.6) is 0 Å². The van der Waals surface area contributed by atoms with Gasteiger partial charge in [0.1, 0.15) is 11.9 Å². The van der Waals surface area contributed by atoms with E-state index < -0.39 is 12.1 Å². The molecule has 1 aromatic heterocycles. The van der Waals surface area contributed by atoms with Crippen LogP contribution in [0, 0.1) is 0 Å². The van der Waals surface area contributed by atoms with E-state index in [2.05, 4.69) is 9.97 Å². The number of benzene rings is 1. The van der Waals surface area contributed by atoms with Crippen molar-refractivity contribution in [2.75, 3.05) is 13.7 Å². The van der Waals surface area contributed by atoms with Crippen molar-refractivity contribution >= 4 is 17.0 Å². The number of rotatable bonds is 3. The fourth-order valence-electron chi connectivity index (χ4n) is 2.71. The van der Waals surface area contributed by atoms with E-state index in [4.69, 9.17) is 4.74 Å². The molecule has 1 saturated heterocycles. The lowest BCUT2D eigenvalue weighted by atomic mass is 10.2. The van der Waals surface area contributed by atoms with Crippen molar-refractivity contribution in [2.24, 2.45) is 0 Å². The molecule has 2 atom stereocenters. The molecule has 106 valence electrons. The second kappa shape index (κ2) is 5.22. The third-order valence-electron chi connectivity index (χ3n) is 3.65. The summed E-state index contributed by atoms with van der Waals surface area (Å²) in [6.07, 6.45) is -0.0872. The first-order valence-electron chi connectivity index (χ1n) is 6.61. The van der Waals surface area contributed by atoms with Gasteiger partial charge in [-0.3, -0.25) is 9.69 Å². The Hall–Kier alpha value is -1.92. The first kappa shape index (κ1) is 13.1. The van der Waals surface area contributed by atoms with E-state index in [1.165, 1.54) is 7.11 Å². The number of nitrogens with zero attached hydrogens (tertiary/aromatic N) is 2. The monoisotopic (exact) mass is 275 g/mol. The Labute approximate surface area is 116 Å². The Balaban J connectivity index is 1.80. The molecule has 2 aromatic rings. The van der Waals surface area contributed by atoms with Crippen LogP contribution in [0.3, 0.4) is 0 Å². The molecular weight excluding hydrogens is 258 g/mol. The van der Waals surface area contributed by atoms with Crippen molar-refractivity contribution in [2.45, 2.75) is 25.1 Å². The molecule has 1 aliphatic heterocycles. The minimum absolute atomic E-state index is 0.308. The third kappa shape index (κ3) is 2.39. The first-order valence-corrected chi connectivity index (χ1v) is 6.61.